The van der Waals surface area contributed by atoms with Gasteiger partial charge >= 0.3 is 0 Å². The molecule has 0 aromatic carbocycles. The Bertz CT molecular complexity index is 694. The van der Waals surface area contributed by atoms with E-state index in [0.29, 0.717) is 17.7 Å². The van der Waals surface area contributed by atoms with E-state index >= 15 is 0 Å². The largest absolute Gasteiger partial charge is 0.386 e. The van der Waals surface area contributed by atoms with Gasteiger partial charge in [-0.15, -0.1) is 0 Å². The van der Waals surface area contributed by atoms with Gasteiger partial charge in [0.25, 0.3) is 0 Å². The Hall–Kier alpha value is -2.13. The Balaban J connectivity index is 0.00000288. The van der Waals surface area contributed by atoms with E-state index in [1.54, 1.807) is 24.3 Å². The summed E-state index contributed by atoms with van der Waals surface area (Å²) in [6.07, 6.45) is 13.9. The van der Waals surface area contributed by atoms with E-state index < -0.39 is 0 Å². The molecule has 1 atom stereocenters. The van der Waals surface area contributed by atoms with Crippen molar-refractivity contribution in [2.75, 3.05) is 6.54 Å². The van der Waals surface area contributed by atoms with E-state index in [4.69, 9.17) is 0 Å². The molecule has 1 unspecified atom stereocenters. The minimum absolute atomic E-state index is 0. The Morgan fingerprint density at radius 2 is 1.33 bits per heavy atom. The summed E-state index contributed by atoms with van der Waals surface area (Å²) in [6.45, 7) is 6.47. The van der Waals surface area contributed by atoms with Gasteiger partial charge in [0.2, 0.25) is 0 Å². The molecule has 0 amide bonds. The fourth-order valence-electron chi connectivity index (χ4n) is 2.45. The molecule has 0 spiro atoms. The van der Waals surface area contributed by atoms with Crippen molar-refractivity contribution >= 4 is 11.6 Å². The number of hydrogen-bond acceptors (Lipinski definition) is 4. The molecule has 24 heavy (non-hydrogen) atoms. The fourth-order valence-corrected chi connectivity index (χ4v) is 2.45. The fraction of sp³-hybridized carbons (Fsp3) is 0.263. The van der Waals surface area contributed by atoms with Gasteiger partial charge in [-0.2, -0.15) is 0 Å². The predicted molar refractivity (Wildman–Crippen MR) is 92.6 cm³/mol. The number of ketones is 2. The third-order valence-electron chi connectivity index (χ3n) is 3.72. The average Bonchev–Trinajstić information content (AvgIpc) is 2.53. The topological polar surface area (TPSA) is 58.2 Å². The van der Waals surface area contributed by atoms with Crippen LogP contribution in [0.15, 0.2) is 71.1 Å². The molecule has 5 heteroatoms. The maximum absolute atomic E-state index is 11.8. The van der Waals surface area contributed by atoms with Crippen LogP contribution in [0.2, 0.25) is 0 Å². The van der Waals surface area contributed by atoms with E-state index in [1.807, 2.05) is 45.1 Å². The van der Waals surface area contributed by atoms with Gasteiger partial charge in [0.05, 0.1) is 0 Å². The summed E-state index contributed by atoms with van der Waals surface area (Å²) < 4.78 is 0. The van der Waals surface area contributed by atoms with Gasteiger partial charge in [-0.25, -0.2) is 0 Å². The molecule has 130 valence electrons. The molecule has 0 bridgehead atoms. The van der Waals surface area contributed by atoms with E-state index in [2.05, 4.69) is 10.6 Å². The first-order chi connectivity index (χ1) is 11.0. The number of rotatable bonds is 5. The minimum Gasteiger partial charge on any atom is -0.386 e. The first kappa shape index (κ1) is 19.9. The molecule has 4 nitrogen and oxygen atoms in total. The van der Waals surface area contributed by atoms with E-state index in [9.17, 15) is 9.59 Å². The summed E-state index contributed by atoms with van der Waals surface area (Å²) in [7, 11) is 0. The van der Waals surface area contributed by atoms with Crippen LogP contribution >= 0.6 is 0 Å². The molecule has 0 aromatic heterocycles. The van der Waals surface area contributed by atoms with Gasteiger partial charge in [0.1, 0.15) is 0 Å². The summed E-state index contributed by atoms with van der Waals surface area (Å²) in [5, 5.41) is 6.59. The molecule has 2 rings (SSSR count). The summed E-state index contributed by atoms with van der Waals surface area (Å²) >= 11 is 0. The van der Waals surface area contributed by atoms with Crippen molar-refractivity contribution in [1.82, 2.24) is 10.6 Å². The quantitative estimate of drug-likeness (QED) is 0.578. The second-order valence-corrected chi connectivity index (χ2v) is 5.67. The van der Waals surface area contributed by atoms with Gasteiger partial charge in [0.15, 0.2) is 11.6 Å². The van der Waals surface area contributed by atoms with Crippen molar-refractivity contribution in [2.24, 2.45) is 0 Å². The number of nitrogens with one attached hydrogen (secondary N) is 2. The van der Waals surface area contributed by atoms with Gasteiger partial charge in [-0.05, 0) is 45.1 Å². The van der Waals surface area contributed by atoms with Crippen LogP contribution < -0.4 is 10.6 Å². The van der Waals surface area contributed by atoms with Crippen LogP contribution in [0.4, 0.5) is 0 Å². The Morgan fingerprint density at radius 1 is 0.875 bits per heavy atom. The van der Waals surface area contributed by atoms with Crippen LogP contribution in [0.1, 0.15) is 20.8 Å². The second-order valence-electron chi connectivity index (χ2n) is 5.67. The Morgan fingerprint density at radius 3 is 1.83 bits per heavy atom. The third-order valence-corrected chi connectivity index (χ3v) is 3.72. The van der Waals surface area contributed by atoms with Gasteiger partial charge < -0.3 is 10.6 Å². The van der Waals surface area contributed by atoms with Gasteiger partial charge in [-0.1, -0.05) is 24.3 Å². The number of carbonyl (C=O) groups excluding carboxylic acids is 2. The molecule has 0 heterocycles. The van der Waals surface area contributed by atoms with Crippen LogP contribution in [-0.4, -0.2) is 24.2 Å². The molecule has 0 saturated carbocycles. The van der Waals surface area contributed by atoms with E-state index in [0.717, 1.165) is 11.4 Å². The van der Waals surface area contributed by atoms with E-state index in [-0.39, 0.29) is 34.1 Å². The Kier molecular flexibility index (Phi) is 7.67. The van der Waals surface area contributed by atoms with Crippen molar-refractivity contribution < 1.29 is 26.1 Å². The average molecular weight is 369 g/mol. The second kappa shape index (κ2) is 9.24. The number of carbonyl (C=O) groups is 2. The zero-order valence-electron chi connectivity index (χ0n) is 14.0. The standard InChI is InChI=1S/C19H22N2O2.Ni/c1-13(21-15(3)17-9-5-7-11-19(17)23)12-20-14(2)16-8-4-6-10-18(16)22;/h4-11,13,20-21H,12H2,1-3H3;/b16-14-,17-15-;. The molecule has 2 aliphatic rings. The third kappa shape index (κ3) is 5.21. The predicted octanol–water partition coefficient (Wildman–Crippen LogP) is 2.49. The summed E-state index contributed by atoms with van der Waals surface area (Å²) in [6, 6.07) is 0.114. The molecule has 2 aliphatic carbocycles. The monoisotopic (exact) mass is 368 g/mol. The number of allylic oxidation sites excluding steroid dienone is 12. The molecule has 0 fully saturated rings. The normalized spacial score (nSPS) is 21.3. The molecule has 0 aromatic rings. The summed E-state index contributed by atoms with van der Waals surface area (Å²) in [5.74, 6) is 0.0295. The molecule has 0 radical (unpaired) electrons. The SMILES string of the molecule is C/C(NCC(C)N/C(C)=C1/C=CC=CC1=O)=C1\C=CC=CC1=O.[Ni]. The number of hydrogen-bond donors (Lipinski definition) is 2. The maximum Gasteiger partial charge on any atom is 0.187 e. The van der Waals surface area contributed by atoms with E-state index in [1.165, 1.54) is 0 Å². The first-order valence-electron chi connectivity index (χ1n) is 7.69. The molecular formula is C19H22N2NiO2. The summed E-state index contributed by atoms with van der Waals surface area (Å²) in [4.78, 5) is 23.6. The zero-order chi connectivity index (χ0) is 16.8. The van der Waals surface area contributed by atoms with Crippen LogP contribution in [0.3, 0.4) is 0 Å². The van der Waals surface area contributed by atoms with Crippen LogP contribution in [0.25, 0.3) is 0 Å². The van der Waals surface area contributed by atoms with Crippen molar-refractivity contribution in [2.45, 2.75) is 26.8 Å². The molecular weight excluding hydrogens is 347 g/mol. The molecule has 0 saturated heterocycles. The van der Waals surface area contributed by atoms with Crippen LogP contribution in [0, 0.1) is 0 Å². The molecule has 2 N–H and O–H groups in total. The Labute approximate surface area is 153 Å². The maximum atomic E-state index is 11.8. The van der Waals surface area contributed by atoms with Gasteiger partial charge in [-0.3, -0.25) is 9.59 Å². The van der Waals surface area contributed by atoms with Crippen molar-refractivity contribution in [1.29, 1.82) is 0 Å². The van der Waals surface area contributed by atoms with Crippen LogP contribution in [-0.2, 0) is 26.1 Å². The minimum atomic E-state index is 0. The van der Waals surface area contributed by atoms with Crippen molar-refractivity contribution in [3.05, 3.63) is 71.1 Å². The zero-order valence-corrected chi connectivity index (χ0v) is 15.0. The van der Waals surface area contributed by atoms with Crippen molar-refractivity contribution in [3.63, 3.8) is 0 Å². The molecule has 0 aliphatic heterocycles. The smallest absolute Gasteiger partial charge is 0.187 e. The summed E-state index contributed by atoms with van der Waals surface area (Å²) in [5.41, 5.74) is 3.08. The van der Waals surface area contributed by atoms with Crippen molar-refractivity contribution in [3.8, 4) is 0 Å². The first-order valence-corrected chi connectivity index (χ1v) is 7.69. The van der Waals surface area contributed by atoms with Crippen LogP contribution in [0.5, 0.6) is 0 Å². The van der Waals surface area contributed by atoms with Gasteiger partial charge in [0, 0.05) is 51.6 Å².